The summed E-state index contributed by atoms with van der Waals surface area (Å²) in [6.45, 7) is 4.03. The van der Waals surface area contributed by atoms with Crippen LogP contribution in [0.5, 0.6) is 0 Å². The minimum atomic E-state index is -0.510. The van der Waals surface area contributed by atoms with Gasteiger partial charge in [-0.3, -0.25) is 14.5 Å². The van der Waals surface area contributed by atoms with Crippen LogP contribution in [0.15, 0.2) is 21.1 Å². The average Bonchev–Trinajstić information content (AvgIpc) is 3.27. The van der Waals surface area contributed by atoms with Gasteiger partial charge >= 0.3 is 0 Å². The summed E-state index contributed by atoms with van der Waals surface area (Å²) in [5.41, 5.74) is 0. The van der Waals surface area contributed by atoms with Gasteiger partial charge < -0.3 is 19.6 Å². The number of nitrogens with one attached hydrogen (secondary N) is 2. The minimum Gasteiger partial charge on any atom is -0.465 e. The molecular formula is C19H25N5O4. The maximum absolute atomic E-state index is 12.4. The summed E-state index contributed by atoms with van der Waals surface area (Å²) >= 11 is 0. The average molecular weight is 387 g/mol. The third-order valence-corrected chi connectivity index (χ3v) is 5.06. The van der Waals surface area contributed by atoms with Gasteiger partial charge in [0.2, 0.25) is 17.7 Å². The van der Waals surface area contributed by atoms with Crippen molar-refractivity contribution in [2.45, 2.75) is 51.1 Å². The maximum atomic E-state index is 12.4. The molecule has 2 N–H and O–H groups in total. The SMILES string of the molecule is Cc1ccc(CN2CCNC(=O)C2CC(=O)NCCc2nc(C3CC3)no2)o1. The van der Waals surface area contributed by atoms with Gasteiger partial charge in [-0.1, -0.05) is 5.16 Å². The van der Waals surface area contributed by atoms with Crippen LogP contribution in [0.25, 0.3) is 0 Å². The summed E-state index contributed by atoms with van der Waals surface area (Å²) in [7, 11) is 0. The Hall–Kier alpha value is -2.68. The predicted molar refractivity (Wildman–Crippen MR) is 98.3 cm³/mol. The number of hydrogen-bond acceptors (Lipinski definition) is 7. The Morgan fingerprint density at radius 1 is 1.39 bits per heavy atom. The summed E-state index contributed by atoms with van der Waals surface area (Å²) in [5, 5.41) is 9.64. The normalized spacial score (nSPS) is 20.2. The quantitative estimate of drug-likeness (QED) is 0.692. The summed E-state index contributed by atoms with van der Waals surface area (Å²) in [5.74, 6) is 3.06. The molecule has 2 aromatic rings. The van der Waals surface area contributed by atoms with Gasteiger partial charge in [-0.2, -0.15) is 4.98 Å². The number of aromatic nitrogens is 2. The van der Waals surface area contributed by atoms with Crippen molar-refractivity contribution in [3.8, 4) is 0 Å². The largest absolute Gasteiger partial charge is 0.465 e. The number of furan rings is 1. The van der Waals surface area contributed by atoms with E-state index in [1.165, 1.54) is 0 Å². The lowest BCUT2D eigenvalue weighted by Crippen LogP contribution is -2.56. The molecule has 1 aliphatic carbocycles. The molecule has 2 fully saturated rings. The van der Waals surface area contributed by atoms with Crippen LogP contribution < -0.4 is 10.6 Å². The van der Waals surface area contributed by atoms with E-state index in [0.717, 1.165) is 30.2 Å². The molecule has 1 saturated carbocycles. The third kappa shape index (κ3) is 4.59. The number of aryl methyl sites for hydroxylation is 1. The fourth-order valence-electron chi connectivity index (χ4n) is 3.38. The van der Waals surface area contributed by atoms with Crippen molar-refractivity contribution in [2.75, 3.05) is 19.6 Å². The molecule has 9 heteroatoms. The van der Waals surface area contributed by atoms with Gasteiger partial charge in [-0.15, -0.1) is 0 Å². The molecule has 0 bridgehead atoms. The molecule has 2 aliphatic rings. The zero-order valence-corrected chi connectivity index (χ0v) is 15.9. The Labute approximate surface area is 162 Å². The van der Waals surface area contributed by atoms with E-state index in [0.29, 0.717) is 44.4 Å². The topological polar surface area (TPSA) is 114 Å². The number of hydrogen-bond donors (Lipinski definition) is 2. The number of nitrogens with zero attached hydrogens (tertiary/aromatic N) is 3. The number of amides is 2. The van der Waals surface area contributed by atoms with Gasteiger partial charge in [0.15, 0.2) is 5.82 Å². The van der Waals surface area contributed by atoms with E-state index in [1.54, 1.807) is 0 Å². The van der Waals surface area contributed by atoms with Crippen LogP contribution in [0.4, 0.5) is 0 Å². The zero-order chi connectivity index (χ0) is 19.5. The molecule has 1 saturated heterocycles. The molecule has 28 heavy (non-hydrogen) atoms. The monoisotopic (exact) mass is 387 g/mol. The first kappa shape index (κ1) is 18.7. The first-order chi connectivity index (χ1) is 13.6. The molecule has 1 atom stereocenters. The smallest absolute Gasteiger partial charge is 0.237 e. The predicted octanol–water partition coefficient (Wildman–Crippen LogP) is 0.898. The van der Waals surface area contributed by atoms with Crippen LogP contribution >= 0.6 is 0 Å². The van der Waals surface area contributed by atoms with Crippen LogP contribution in [-0.4, -0.2) is 52.5 Å². The van der Waals surface area contributed by atoms with E-state index in [1.807, 2.05) is 24.0 Å². The van der Waals surface area contributed by atoms with Crippen LogP contribution in [0.3, 0.4) is 0 Å². The maximum Gasteiger partial charge on any atom is 0.237 e. The molecule has 2 aromatic heterocycles. The molecule has 4 rings (SSSR count). The number of carbonyl (C=O) groups is 2. The second-order valence-electron chi connectivity index (χ2n) is 7.41. The van der Waals surface area contributed by atoms with E-state index in [2.05, 4.69) is 20.8 Å². The fourth-order valence-corrected chi connectivity index (χ4v) is 3.38. The molecule has 0 radical (unpaired) electrons. The molecule has 2 amide bonds. The molecule has 0 spiro atoms. The van der Waals surface area contributed by atoms with Crippen molar-refractivity contribution in [2.24, 2.45) is 0 Å². The fraction of sp³-hybridized carbons (Fsp3) is 0.579. The summed E-state index contributed by atoms with van der Waals surface area (Å²) in [6, 6.07) is 3.29. The second-order valence-corrected chi connectivity index (χ2v) is 7.41. The standard InChI is InChI=1S/C19H25N5O4/c1-12-2-5-14(27-12)11-24-9-8-21-19(26)15(24)10-16(25)20-7-6-17-22-18(23-28-17)13-3-4-13/h2,5,13,15H,3-4,6-11H2,1H3,(H,20,25)(H,21,26). The van der Waals surface area contributed by atoms with Crippen LogP contribution in [0.1, 0.15) is 48.4 Å². The van der Waals surface area contributed by atoms with Gasteiger partial charge in [0.25, 0.3) is 0 Å². The Morgan fingerprint density at radius 2 is 2.25 bits per heavy atom. The van der Waals surface area contributed by atoms with Crippen molar-refractivity contribution in [1.82, 2.24) is 25.7 Å². The highest BCUT2D eigenvalue weighted by Crippen LogP contribution is 2.38. The van der Waals surface area contributed by atoms with Gasteiger partial charge in [0, 0.05) is 32.0 Å². The molecule has 9 nitrogen and oxygen atoms in total. The molecule has 3 heterocycles. The van der Waals surface area contributed by atoms with Crippen molar-refractivity contribution in [1.29, 1.82) is 0 Å². The lowest BCUT2D eigenvalue weighted by atomic mass is 10.1. The van der Waals surface area contributed by atoms with E-state index < -0.39 is 6.04 Å². The number of carbonyl (C=O) groups excluding carboxylic acids is 2. The summed E-state index contributed by atoms with van der Waals surface area (Å²) < 4.78 is 10.8. The highest BCUT2D eigenvalue weighted by molar-refractivity contribution is 5.88. The third-order valence-electron chi connectivity index (χ3n) is 5.06. The van der Waals surface area contributed by atoms with E-state index in [-0.39, 0.29) is 18.2 Å². The first-order valence-corrected chi connectivity index (χ1v) is 9.75. The lowest BCUT2D eigenvalue weighted by molar-refractivity contribution is -0.134. The minimum absolute atomic E-state index is 0.0999. The van der Waals surface area contributed by atoms with Gasteiger partial charge in [-0.05, 0) is 31.9 Å². The van der Waals surface area contributed by atoms with Crippen LogP contribution in [0.2, 0.25) is 0 Å². The summed E-state index contributed by atoms with van der Waals surface area (Å²) in [6.07, 6.45) is 2.82. The van der Waals surface area contributed by atoms with Gasteiger partial charge in [0.1, 0.15) is 11.5 Å². The van der Waals surface area contributed by atoms with E-state index in [4.69, 9.17) is 8.94 Å². The number of piperazine rings is 1. The highest BCUT2D eigenvalue weighted by Gasteiger charge is 2.32. The zero-order valence-electron chi connectivity index (χ0n) is 15.9. The highest BCUT2D eigenvalue weighted by atomic mass is 16.5. The lowest BCUT2D eigenvalue weighted by Gasteiger charge is -2.34. The van der Waals surface area contributed by atoms with Crippen molar-refractivity contribution in [3.05, 3.63) is 35.4 Å². The van der Waals surface area contributed by atoms with Crippen molar-refractivity contribution in [3.63, 3.8) is 0 Å². The Bertz CT molecular complexity index is 841. The molecule has 1 aliphatic heterocycles. The van der Waals surface area contributed by atoms with Crippen LogP contribution in [0, 0.1) is 6.92 Å². The number of rotatable bonds is 8. The van der Waals surface area contributed by atoms with Gasteiger partial charge in [-0.25, -0.2) is 0 Å². The molecule has 1 unspecified atom stereocenters. The summed E-state index contributed by atoms with van der Waals surface area (Å²) in [4.78, 5) is 31.0. The second kappa shape index (κ2) is 8.14. The van der Waals surface area contributed by atoms with Crippen LogP contribution in [-0.2, 0) is 22.6 Å². The van der Waals surface area contributed by atoms with Crippen molar-refractivity contribution >= 4 is 11.8 Å². The molecule has 0 aromatic carbocycles. The Morgan fingerprint density at radius 3 is 3.00 bits per heavy atom. The molecular weight excluding hydrogens is 362 g/mol. The van der Waals surface area contributed by atoms with E-state index in [9.17, 15) is 9.59 Å². The Balaban J connectivity index is 1.27. The van der Waals surface area contributed by atoms with Gasteiger partial charge in [0.05, 0.1) is 19.0 Å². The van der Waals surface area contributed by atoms with Crippen molar-refractivity contribution < 1.29 is 18.5 Å². The first-order valence-electron chi connectivity index (χ1n) is 9.75. The Kier molecular flexibility index (Phi) is 5.43. The molecule has 150 valence electrons. The van der Waals surface area contributed by atoms with E-state index >= 15 is 0 Å².